The molecule has 2 aromatic rings. The normalized spacial score (nSPS) is 16.1. The second kappa shape index (κ2) is 7.94. The molecule has 1 unspecified atom stereocenters. The molecule has 0 spiro atoms. The number of carbonyl (C=O) groups is 1. The van der Waals surface area contributed by atoms with Crippen molar-refractivity contribution in [2.75, 3.05) is 26.1 Å². The Morgan fingerprint density at radius 1 is 1.19 bits per heavy atom. The van der Waals surface area contributed by atoms with E-state index < -0.39 is 4.92 Å². The highest BCUT2D eigenvalue weighted by molar-refractivity contribution is 5.90. The number of nitrogens with zero attached hydrogens (tertiary/aromatic N) is 2. The van der Waals surface area contributed by atoms with Crippen molar-refractivity contribution in [3.63, 3.8) is 0 Å². The summed E-state index contributed by atoms with van der Waals surface area (Å²) in [6.45, 7) is 0.611. The Bertz CT molecular complexity index is 855. The van der Waals surface area contributed by atoms with E-state index in [2.05, 4.69) is 5.32 Å². The quantitative estimate of drug-likeness (QED) is 0.634. The maximum absolute atomic E-state index is 12.7. The van der Waals surface area contributed by atoms with Crippen LogP contribution in [0.5, 0.6) is 11.5 Å². The van der Waals surface area contributed by atoms with E-state index in [1.165, 1.54) is 12.1 Å². The molecule has 142 valence electrons. The molecule has 1 aliphatic heterocycles. The number of nitro groups is 1. The van der Waals surface area contributed by atoms with Crippen molar-refractivity contribution >= 4 is 17.4 Å². The van der Waals surface area contributed by atoms with Gasteiger partial charge in [0.05, 0.1) is 25.2 Å². The van der Waals surface area contributed by atoms with Crippen LogP contribution in [-0.4, -0.2) is 36.6 Å². The molecule has 8 heteroatoms. The van der Waals surface area contributed by atoms with E-state index in [0.29, 0.717) is 23.7 Å². The van der Waals surface area contributed by atoms with Crippen LogP contribution in [0.4, 0.5) is 16.2 Å². The van der Waals surface area contributed by atoms with Crippen LogP contribution in [0.1, 0.15) is 24.4 Å². The Hall–Kier alpha value is -3.29. The van der Waals surface area contributed by atoms with Gasteiger partial charge in [0.15, 0.2) is 11.5 Å². The number of anilines is 1. The Morgan fingerprint density at radius 3 is 2.67 bits per heavy atom. The van der Waals surface area contributed by atoms with E-state index in [1.54, 1.807) is 31.3 Å². The molecule has 0 saturated carbocycles. The van der Waals surface area contributed by atoms with Gasteiger partial charge in [-0.15, -0.1) is 0 Å². The number of rotatable bonds is 5. The second-order valence-corrected chi connectivity index (χ2v) is 6.20. The number of methoxy groups -OCH3 is 2. The van der Waals surface area contributed by atoms with Crippen LogP contribution in [0.25, 0.3) is 0 Å². The molecule has 1 aliphatic rings. The SMILES string of the molecule is COc1ccc(C2CCCN2C(=O)Nc2cccc([N+](=O)[O-])c2)cc1OC. The zero-order valence-electron chi connectivity index (χ0n) is 15.2. The summed E-state index contributed by atoms with van der Waals surface area (Å²) < 4.78 is 10.6. The number of nitro benzene ring substituents is 1. The van der Waals surface area contributed by atoms with Gasteiger partial charge < -0.3 is 19.7 Å². The standard InChI is InChI=1S/C19H21N3O5/c1-26-17-9-8-13(11-18(17)27-2)16-7-4-10-21(16)19(23)20-14-5-3-6-15(12-14)22(24)25/h3,5-6,8-9,11-12,16H,4,7,10H2,1-2H3,(H,20,23). The van der Waals surface area contributed by atoms with Gasteiger partial charge in [-0.2, -0.15) is 0 Å². The molecule has 0 aromatic heterocycles. The van der Waals surface area contributed by atoms with Gasteiger partial charge in [-0.1, -0.05) is 12.1 Å². The molecule has 1 N–H and O–H groups in total. The fourth-order valence-electron chi connectivity index (χ4n) is 3.31. The second-order valence-electron chi connectivity index (χ2n) is 6.20. The van der Waals surface area contributed by atoms with Gasteiger partial charge in [0, 0.05) is 24.4 Å². The zero-order chi connectivity index (χ0) is 19.4. The number of benzene rings is 2. The van der Waals surface area contributed by atoms with E-state index in [1.807, 2.05) is 18.2 Å². The molecule has 1 fully saturated rings. The summed E-state index contributed by atoms with van der Waals surface area (Å²) in [4.78, 5) is 24.9. The molecule has 0 radical (unpaired) electrons. The number of nitrogens with one attached hydrogen (secondary N) is 1. The summed E-state index contributed by atoms with van der Waals surface area (Å²) >= 11 is 0. The Kier molecular flexibility index (Phi) is 5.44. The first kappa shape index (κ1) is 18.5. The van der Waals surface area contributed by atoms with Gasteiger partial charge >= 0.3 is 6.03 Å². The lowest BCUT2D eigenvalue weighted by molar-refractivity contribution is -0.384. The van der Waals surface area contributed by atoms with E-state index >= 15 is 0 Å². The zero-order valence-corrected chi connectivity index (χ0v) is 15.2. The third-order valence-corrected chi connectivity index (χ3v) is 4.61. The van der Waals surface area contributed by atoms with Crippen molar-refractivity contribution in [2.45, 2.75) is 18.9 Å². The minimum absolute atomic E-state index is 0.0642. The summed E-state index contributed by atoms with van der Waals surface area (Å²) in [6.07, 6.45) is 1.71. The monoisotopic (exact) mass is 371 g/mol. The molecule has 0 bridgehead atoms. The van der Waals surface area contributed by atoms with Crippen molar-refractivity contribution in [3.05, 3.63) is 58.1 Å². The van der Waals surface area contributed by atoms with Crippen LogP contribution in [0.3, 0.4) is 0 Å². The van der Waals surface area contributed by atoms with Crippen LogP contribution in [0, 0.1) is 10.1 Å². The van der Waals surface area contributed by atoms with Crippen molar-refractivity contribution < 1.29 is 19.2 Å². The van der Waals surface area contributed by atoms with Crippen molar-refractivity contribution in [2.24, 2.45) is 0 Å². The van der Waals surface area contributed by atoms with E-state index in [-0.39, 0.29) is 17.8 Å². The third-order valence-electron chi connectivity index (χ3n) is 4.61. The molecule has 1 heterocycles. The predicted octanol–water partition coefficient (Wildman–Crippen LogP) is 3.98. The molecular formula is C19H21N3O5. The molecule has 3 rings (SSSR count). The van der Waals surface area contributed by atoms with Gasteiger partial charge in [0.1, 0.15) is 0 Å². The molecule has 2 amide bonds. The van der Waals surface area contributed by atoms with Crippen LogP contribution in [0.15, 0.2) is 42.5 Å². The number of ether oxygens (including phenoxy) is 2. The van der Waals surface area contributed by atoms with E-state index in [9.17, 15) is 14.9 Å². The number of urea groups is 1. The highest BCUT2D eigenvalue weighted by atomic mass is 16.6. The van der Waals surface area contributed by atoms with Crippen molar-refractivity contribution in [1.29, 1.82) is 0 Å². The van der Waals surface area contributed by atoms with Gasteiger partial charge in [-0.05, 0) is 36.6 Å². The number of amides is 2. The van der Waals surface area contributed by atoms with Crippen LogP contribution >= 0.6 is 0 Å². The Labute approximate surface area is 156 Å². The molecular weight excluding hydrogens is 350 g/mol. The van der Waals surface area contributed by atoms with E-state index in [4.69, 9.17) is 9.47 Å². The summed E-state index contributed by atoms with van der Waals surface area (Å²) in [5, 5.41) is 13.7. The first-order chi connectivity index (χ1) is 13.0. The van der Waals surface area contributed by atoms with Crippen molar-refractivity contribution in [1.82, 2.24) is 4.90 Å². The summed E-state index contributed by atoms with van der Waals surface area (Å²) in [5.74, 6) is 1.24. The Balaban J connectivity index is 1.79. The highest BCUT2D eigenvalue weighted by Crippen LogP contribution is 2.37. The number of non-ortho nitro benzene ring substituents is 1. The first-order valence-corrected chi connectivity index (χ1v) is 8.57. The smallest absolute Gasteiger partial charge is 0.322 e. The predicted molar refractivity (Wildman–Crippen MR) is 100 cm³/mol. The van der Waals surface area contributed by atoms with Crippen LogP contribution in [-0.2, 0) is 0 Å². The van der Waals surface area contributed by atoms with Crippen LogP contribution in [0.2, 0.25) is 0 Å². The number of likely N-dealkylation sites (tertiary alicyclic amines) is 1. The number of hydrogen-bond donors (Lipinski definition) is 1. The topological polar surface area (TPSA) is 93.9 Å². The van der Waals surface area contributed by atoms with Gasteiger partial charge in [0.2, 0.25) is 0 Å². The summed E-state index contributed by atoms with van der Waals surface area (Å²) in [6, 6.07) is 11.2. The molecule has 1 saturated heterocycles. The molecule has 1 atom stereocenters. The average molecular weight is 371 g/mol. The maximum atomic E-state index is 12.7. The fraction of sp³-hybridized carbons (Fsp3) is 0.316. The Morgan fingerprint density at radius 2 is 1.96 bits per heavy atom. The molecule has 2 aromatic carbocycles. The highest BCUT2D eigenvalue weighted by Gasteiger charge is 2.30. The minimum atomic E-state index is -0.488. The number of hydrogen-bond acceptors (Lipinski definition) is 5. The van der Waals surface area contributed by atoms with Gasteiger partial charge in [-0.25, -0.2) is 4.79 Å². The number of carbonyl (C=O) groups excluding carboxylic acids is 1. The molecule has 27 heavy (non-hydrogen) atoms. The summed E-state index contributed by atoms with van der Waals surface area (Å²) in [7, 11) is 3.15. The van der Waals surface area contributed by atoms with Crippen LogP contribution < -0.4 is 14.8 Å². The van der Waals surface area contributed by atoms with Gasteiger partial charge in [0.25, 0.3) is 5.69 Å². The minimum Gasteiger partial charge on any atom is -0.493 e. The first-order valence-electron chi connectivity index (χ1n) is 8.57. The van der Waals surface area contributed by atoms with E-state index in [0.717, 1.165) is 18.4 Å². The molecule has 8 nitrogen and oxygen atoms in total. The lowest BCUT2D eigenvalue weighted by atomic mass is 10.0. The fourth-order valence-corrected chi connectivity index (χ4v) is 3.31. The van der Waals surface area contributed by atoms with Gasteiger partial charge in [-0.3, -0.25) is 10.1 Å². The summed E-state index contributed by atoms with van der Waals surface area (Å²) in [5.41, 5.74) is 1.29. The average Bonchev–Trinajstić information content (AvgIpc) is 3.17. The van der Waals surface area contributed by atoms with Crippen molar-refractivity contribution in [3.8, 4) is 11.5 Å². The molecule has 0 aliphatic carbocycles. The largest absolute Gasteiger partial charge is 0.493 e. The maximum Gasteiger partial charge on any atom is 0.322 e. The lowest BCUT2D eigenvalue weighted by Crippen LogP contribution is -2.34. The lowest BCUT2D eigenvalue weighted by Gasteiger charge is -2.26. The third kappa shape index (κ3) is 3.94.